The van der Waals surface area contributed by atoms with Crippen LogP contribution in [0.2, 0.25) is 0 Å². The monoisotopic (exact) mass is 225 g/mol. The fourth-order valence-corrected chi connectivity index (χ4v) is 2.27. The van der Waals surface area contributed by atoms with Gasteiger partial charge in [0.15, 0.2) is 0 Å². The molecule has 1 rings (SSSR count). The number of Topliss-reactive ketones (excluding diaryl/α,β-unsaturated/α-hetero) is 1. The van der Waals surface area contributed by atoms with E-state index >= 15 is 0 Å². The minimum Gasteiger partial charge on any atom is -0.330 e. The number of rotatable bonds is 7. The Hall–Kier alpha value is -0.670. The molecule has 1 aromatic heterocycles. The molecule has 1 aromatic rings. The quantitative estimate of drug-likeness (QED) is 0.775. The van der Waals surface area contributed by atoms with Crippen molar-refractivity contribution >= 4 is 17.1 Å². The maximum absolute atomic E-state index is 11.6. The molecule has 2 N–H and O–H groups in total. The van der Waals surface area contributed by atoms with Gasteiger partial charge in [-0.1, -0.05) is 13.0 Å². The number of hydrogen-bond acceptors (Lipinski definition) is 3. The fourth-order valence-electron chi connectivity index (χ4n) is 1.53. The molecule has 1 unspecified atom stereocenters. The van der Waals surface area contributed by atoms with Gasteiger partial charge in [-0.05, 0) is 36.8 Å². The molecule has 3 heteroatoms. The molecule has 0 amide bonds. The summed E-state index contributed by atoms with van der Waals surface area (Å²) in [7, 11) is 0. The van der Waals surface area contributed by atoms with E-state index in [1.807, 2.05) is 17.5 Å². The lowest BCUT2D eigenvalue weighted by Crippen LogP contribution is -2.09. The van der Waals surface area contributed by atoms with E-state index in [0.717, 1.165) is 19.4 Å². The molecule has 0 aliphatic heterocycles. The highest BCUT2D eigenvalue weighted by Gasteiger charge is 2.07. The molecule has 15 heavy (non-hydrogen) atoms. The van der Waals surface area contributed by atoms with Crippen molar-refractivity contribution in [2.24, 2.45) is 11.7 Å². The second-order valence-electron chi connectivity index (χ2n) is 4.02. The Bertz CT molecular complexity index is 282. The van der Waals surface area contributed by atoms with Crippen molar-refractivity contribution < 1.29 is 4.79 Å². The van der Waals surface area contributed by atoms with E-state index < -0.39 is 0 Å². The van der Waals surface area contributed by atoms with E-state index in [0.29, 0.717) is 24.5 Å². The van der Waals surface area contributed by atoms with Gasteiger partial charge in [-0.3, -0.25) is 4.79 Å². The molecule has 0 bridgehead atoms. The third-order valence-electron chi connectivity index (χ3n) is 2.53. The summed E-state index contributed by atoms with van der Waals surface area (Å²) in [5.74, 6) is 0.920. The van der Waals surface area contributed by atoms with Gasteiger partial charge in [-0.15, -0.1) is 11.3 Å². The largest absolute Gasteiger partial charge is 0.330 e. The van der Waals surface area contributed by atoms with Crippen LogP contribution in [0.1, 0.15) is 31.1 Å². The molecule has 0 saturated heterocycles. The summed E-state index contributed by atoms with van der Waals surface area (Å²) in [6.07, 6.45) is 3.29. The van der Waals surface area contributed by atoms with Gasteiger partial charge in [0.1, 0.15) is 5.78 Å². The first-order valence-electron chi connectivity index (χ1n) is 5.46. The third kappa shape index (κ3) is 5.09. The van der Waals surface area contributed by atoms with Crippen LogP contribution in [0, 0.1) is 5.92 Å². The van der Waals surface area contributed by atoms with Crippen molar-refractivity contribution in [1.82, 2.24) is 0 Å². The zero-order valence-corrected chi connectivity index (χ0v) is 10.1. The van der Waals surface area contributed by atoms with Crippen LogP contribution in [0.25, 0.3) is 0 Å². The van der Waals surface area contributed by atoms with Crippen molar-refractivity contribution in [3.8, 4) is 0 Å². The van der Waals surface area contributed by atoms with Gasteiger partial charge in [0.05, 0.1) is 0 Å². The number of thiophene rings is 1. The highest BCUT2D eigenvalue weighted by atomic mass is 32.1. The van der Waals surface area contributed by atoms with Crippen molar-refractivity contribution in [1.29, 1.82) is 0 Å². The van der Waals surface area contributed by atoms with Crippen LogP contribution in [-0.2, 0) is 11.2 Å². The Morgan fingerprint density at radius 1 is 1.53 bits per heavy atom. The molecule has 0 aliphatic rings. The number of nitrogens with two attached hydrogens (primary N) is 1. The summed E-state index contributed by atoms with van der Waals surface area (Å²) < 4.78 is 0. The zero-order chi connectivity index (χ0) is 11.1. The van der Waals surface area contributed by atoms with Gasteiger partial charge in [-0.25, -0.2) is 0 Å². The first-order valence-corrected chi connectivity index (χ1v) is 6.34. The van der Waals surface area contributed by atoms with Crippen molar-refractivity contribution in [2.45, 2.75) is 32.6 Å². The summed E-state index contributed by atoms with van der Waals surface area (Å²) in [6, 6.07) is 4.01. The van der Waals surface area contributed by atoms with E-state index in [1.54, 1.807) is 11.3 Å². The van der Waals surface area contributed by atoms with E-state index in [-0.39, 0.29) is 0 Å². The smallest absolute Gasteiger partial charge is 0.138 e. The van der Waals surface area contributed by atoms with Crippen LogP contribution in [0.3, 0.4) is 0 Å². The summed E-state index contributed by atoms with van der Waals surface area (Å²) in [6.45, 7) is 2.88. The average molecular weight is 225 g/mol. The SMILES string of the molecule is CC(CCN)CCC(=O)Cc1cccs1. The van der Waals surface area contributed by atoms with Crippen LogP contribution in [0.15, 0.2) is 17.5 Å². The van der Waals surface area contributed by atoms with Gasteiger partial charge in [0, 0.05) is 17.7 Å². The van der Waals surface area contributed by atoms with Gasteiger partial charge in [0.25, 0.3) is 0 Å². The second kappa shape index (κ2) is 6.75. The molecule has 0 radical (unpaired) electrons. The van der Waals surface area contributed by atoms with Gasteiger partial charge >= 0.3 is 0 Å². The molecule has 1 heterocycles. The summed E-state index contributed by atoms with van der Waals surface area (Å²) in [4.78, 5) is 12.8. The lowest BCUT2D eigenvalue weighted by molar-refractivity contribution is -0.118. The number of hydrogen-bond donors (Lipinski definition) is 1. The average Bonchev–Trinajstić information content (AvgIpc) is 2.68. The lowest BCUT2D eigenvalue weighted by atomic mass is 9.99. The van der Waals surface area contributed by atoms with E-state index in [4.69, 9.17) is 5.73 Å². The third-order valence-corrected chi connectivity index (χ3v) is 3.40. The Kier molecular flexibility index (Phi) is 5.58. The van der Waals surface area contributed by atoms with Crippen LogP contribution < -0.4 is 5.73 Å². The molecule has 0 fully saturated rings. The van der Waals surface area contributed by atoms with Crippen molar-refractivity contribution in [3.63, 3.8) is 0 Å². The molecule has 2 nitrogen and oxygen atoms in total. The van der Waals surface area contributed by atoms with Crippen molar-refractivity contribution in [2.75, 3.05) is 6.54 Å². The Labute approximate surface area is 95.5 Å². The zero-order valence-electron chi connectivity index (χ0n) is 9.24. The molecule has 0 spiro atoms. The first-order chi connectivity index (χ1) is 7.22. The minimum absolute atomic E-state index is 0.348. The standard InChI is InChI=1S/C12H19NOS/c1-10(6-7-13)4-5-11(14)9-12-3-2-8-15-12/h2-3,8,10H,4-7,9,13H2,1H3. The van der Waals surface area contributed by atoms with E-state index in [9.17, 15) is 4.79 Å². The number of carbonyl (C=O) groups is 1. The predicted octanol–water partition coefficient (Wildman–Crippen LogP) is 2.62. The molecule has 0 saturated carbocycles. The number of ketones is 1. The van der Waals surface area contributed by atoms with E-state index in [2.05, 4.69) is 6.92 Å². The van der Waals surface area contributed by atoms with Gasteiger partial charge < -0.3 is 5.73 Å². The maximum atomic E-state index is 11.6. The van der Waals surface area contributed by atoms with Crippen LogP contribution in [0.5, 0.6) is 0 Å². The summed E-state index contributed by atoms with van der Waals surface area (Å²) in [5.41, 5.74) is 5.46. The summed E-state index contributed by atoms with van der Waals surface area (Å²) >= 11 is 1.65. The normalized spacial score (nSPS) is 12.7. The molecule has 84 valence electrons. The fraction of sp³-hybridized carbons (Fsp3) is 0.583. The highest BCUT2D eigenvalue weighted by Crippen LogP contribution is 2.14. The molecule has 0 aromatic carbocycles. The van der Waals surface area contributed by atoms with Crippen LogP contribution in [-0.4, -0.2) is 12.3 Å². The van der Waals surface area contributed by atoms with Crippen LogP contribution >= 0.6 is 11.3 Å². The van der Waals surface area contributed by atoms with Gasteiger partial charge in [0.2, 0.25) is 0 Å². The number of carbonyl (C=O) groups excluding carboxylic acids is 1. The summed E-state index contributed by atoms with van der Waals surface area (Å²) in [5, 5.41) is 2.01. The topological polar surface area (TPSA) is 43.1 Å². The van der Waals surface area contributed by atoms with Gasteiger partial charge in [-0.2, -0.15) is 0 Å². The maximum Gasteiger partial charge on any atom is 0.138 e. The predicted molar refractivity (Wildman–Crippen MR) is 65.1 cm³/mol. The molecule has 1 atom stereocenters. The molecular formula is C12H19NOS. The Balaban J connectivity index is 2.19. The Morgan fingerprint density at radius 2 is 2.33 bits per heavy atom. The van der Waals surface area contributed by atoms with E-state index in [1.165, 1.54) is 4.88 Å². The molecular weight excluding hydrogens is 206 g/mol. The Morgan fingerprint density at radius 3 is 2.93 bits per heavy atom. The molecule has 0 aliphatic carbocycles. The second-order valence-corrected chi connectivity index (χ2v) is 5.05. The van der Waals surface area contributed by atoms with Crippen molar-refractivity contribution in [3.05, 3.63) is 22.4 Å². The lowest BCUT2D eigenvalue weighted by Gasteiger charge is -2.08. The first kappa shape index (κ1) is 12.4. The minimum atomic E-state index is 0.348. The highest BCUT2D eigenvalue weighted by molar-refractivity contribution is 7.10. The van der Waals surface area contributed by atoms with Crippen LogP contribution in [0.4, 0.5) is 0 Å².